The van der Waals surface area contributed by atoms with Gasteiger partial charge in [-0.3, -0.25) is 20.3 Å². The Morgan fingerprint density at radius 1 is 1.06 bits per heavy atom. The maximum absolute atomic E-state index is 13.2. The van der Waals surface area contributed by atoms with E-state index in [0.29, 0.717) is 15.1 Å². The molecule has 2 amide bonds. The second-order valence-corrected chi connectivity index (χ2v) is 9.38. The third-order valence-electron chi connectivity index (χ3n) is 5.47. The lowest BCUT2D eigenvalue weighted by Gasteiger charge is -2.26. The first-order valence-corrected chi connectivity index (χ1v) is 11.9. The standard InChI is InChI=1S/C25H25N5O5S/c1-4-35-24(33)30-23-17(20(28-30)26-21(31)16-12-8-9-13-18(16)29-34)14-19(36-23)22(32)27-25(2,3)15-10-6-5-7-11-15/h5-14,29,34H,4H2,1-3H3,(H,27,32)(H,26,28,31). The molecule has 10 nitrogen and oxygen atoms in total. The molecule has 0 aliphatic rings. The zero-order valence-corrected chi connectivity index (χ0v) is 20.7. The van der Waals surface area contributed by atoms with E-state index in [9.17, 15) is 19.6 Å². The molecule has 4 rings (SSSR count). The highest BCUT2D eigenvalue weighted by molar-refractivity contribution is 7.20. The van der Waals surface area contributed by atoms with Crippen molar-refractivity contribution in [2.45, 2.75) is 26.3 Å². The molecule has 0 bridgehead atoms. The zero-order valence-electron chi connectivity index (χ0n) is 19.9. The normalized spacial score (nSPS) is 11.2. The lowest BCUT2D eigenvalue weighted by molar-refractivity contribution is 0.0915. The Bertz CT molecular complexity index is 1430. The molecule has 0 aliphatic heterocycles. The van der Waals surface area contributed by atoms with Crippen molar-refractivity contribution >= 4 is 51.0 Å². The molecule has 2 aromatic heterocycles. The summed E-state index contributed by atoms with van der Waals surface area (Å²) >= 11 is 1.06. The van der Waals surface area contributed by atoms with Gasteiger partial charge in [-0.2, -0.15) is 4.68 Å². The highest BCUT2D eigenvalue weighted by Crippen LogP contribution is 2.33. The number of aromatic nitrogens is 2. The maximum Gasteiger partial charge on any atom is 0.436 e. The summed E-state index contributed by atoms with van der Waals surface area (Å²) in [5.41, 5.74) is 2.62. The van der Waals surface area contributed by atoms with Crippen LogP contribution < -0.4 is 16.1 Å². The van der Waals surface area contributed by atoms with Gasteiger partial charge in [0.2, 0.25) is 0 Å². The highest BCUT2D eigenvalue weighted by Gasteiger charge is 2.27. The van der Waals surface area contributed by atoms with Crippen molar-refractivity contribution in [2.24, 2.45) is 0 Å². The van der Waals surface area contributed by atoms with Crippen LogP contribution in [0.3, 0.4) is 0 Å². The summed E-state index contributed by atoms with van der Waals surface area (Å²) in [7, 11) is 0. The fourth-order valence-electron chi connectivity index (χ4n) is 3.65. The third kappa shape index (κ3) is 4.92. The summed E-state index contributed by atoms with van der Waals surface area (Å²) in [6.45, 7) is 5.58. The molecular weight excluding hydrogens is 482 g/mol. The van der Waals surface area contributed by atoms with Crippen molar-refractivity contribution in [2.75, 3.05) is 17.4 Å². The molecule has 0 aliphatic carbocycles. The van der Waals surface area contributed by atoms with E-state index in [-0.39, 0.29) is 29.6 Å². The van der Waals surface area contributed by atoms with E-state index in [1.165, 1.54) is 12.1 Å². The van der Waals surface area contributed by atoms with Crippen LogP contribution in [0.5, 0.6) is 0 Å². The SMILES string of the molecule is CCOC(=O)n1nc(NC(=O)c2ccccc2NO)c2cc(C(=O)NC(C)(C)c3ccccc3)sc21. The number of carbonyl (C=O) groups is 3. The minimum atomic E-state index is -0.737. The molecule has 0 atom stereocenters. The van der Waals surface area contributed by atoms with Crippen LogP contribution >= 0.6 is 11.3 Å². The van der Waals surface area contributed by atoms with E-state index in [2.05, 4.69) is 15.7 Å². The van der Waals surface area contributed by atoms with Gasteiger partial charge in [0.15, 0.2) is 5.82 Å². The second kappa shape index (κ2) is 10.2. The number of para-hydroxylation sites is 1. The fraction of sp³-hybridized carbons (Fsp3) is 0.200. The predicted octanol–water partition coefficient (Wildman–Crippen LogP) is 4.82. The fourth-order valence-corrected chi connectivity index (χ4v) is 4.64. The minimum absolute atomic E-state index is 0.0772. The first-order valence-electron chi connectivity index (χ1n) is 11.1. The van der Waals surface area contributed by atoms with Crippen molar-refractivity contribution < 1.29 is 24.3 Å². The highest BCUT2D eigenvalue weighted by atomic mass is 32.1. The number of amides is 2. The Balaban J connectivity index is 1.69. The number of nitrogens with zero attached hydrogens (tertiary/aromatic N) is 2. The lowest BCUT2D eigenvalue weighted by Crippen LogP contribution is -2.40. The van der Waals surface area contributed by atoms with Crippen molar-refractivity contribution in [3.8, 4) is 0 Å². The number of fused-ring (bicyclic) bond motifs is 1. The number of benzene rings is 2. The number of hydrogen-bond donors (Lipinski definition) is 4. The molecule has 0 spiro atoms. The minimum Gasteiger partial charge on any atom is -0.448 e. The quantitative estimate of drug-likeness (QED) is 0.263. The second-order valence-electron chi connectivity index (χ2n) is 8.35. The molecule has 0 fully saturated rings. The molecule has 2 heterocycles. The molecule has 2 aromatic carbocycles. The van der Waals surface area contributed by atoms with Crippen LogP contribution in [-0.4, -0.2) is 39.5 Å². The average molecular weight is 508 g/mol. The number of rotatable bonds is 7. The van der Waals surface area contributed by atoms with Gasteiger partial charge in [-0.05, 0) is 44.5 Å². The van der Waals surface area contributed by atoms with Gasteiger partial charge >= 0.3 is 6.09 Å². The molecule has 186 valence electrons. The monoisotopic (exact) mass is 507 g/mol. The van der Waals surface area contributed by atoms with E-state index in [1.54, 1.807) is 25.1 Å². The van der Waals surface area contributed by atoms with Crippen LogP contribution in [0.2, 0.25) is 0 Å². The molecule has 0 unspecified atom stereocenters. The van der Waals surface area contributed by atoms with Gasteiger partial charge in [-0.1, -0.05) is 42.5 Å². The molecule has 36 heavy (non-hydrogen) atoms. The number of hydrogen-bond acceptors (Lipinski definition) is 8. The Hall–Kier alpha value is -4.22. The van der Waals surface area contributed by atoms with Crippen LogP contribution in [0.25, 0.3) is 10.2 Å². The topological polar surface area (TPSA) is 135 Å². The van der Waals surface area contributed by atoms with E-state index >= 15 is 0 Å². The molecular formula is C25H25N5O5S. The van der Waals surface area contributed by atoms with Gasteiger partial charge in [0.05, 0.1) is 33.7 Å². The number of carbonyl (C=O) groups excluding carboxylic acids is 3. The van der Waals surface area contributed by atoms with E-state index in [0.717, 1.165) is 21.6 Å². The van der Waals surface area contributed by atoms with Crippen LogP contribution in [0, 0.1) is 0 Å². The van der Waals surface area contributed by atoms with Gasteiger partial charge < -0.3 is 15.4 Å². The summed E-state index contributed by atoms with van der Waals surface area (Å²) in [4.78, 5) is 39.3. The summed E-state index contributed by atoms with van der Waals surface area (Å²) in [6.07, 6.45) is -0.737. The molecule has 0 saturated heterocycles. The van der Waals surface area contributed by atoms with Crippen molar-refractivity contribution in [1.29, 1.82) is 0 Å². The summed E-state index contributed by atoms with van der Waals surface area (Å²) in [6, 6.07) is 17.5. The summed E-state index contributed by atoms with van der Waals surface area (Å²) in [5, 5.41) is 19.6. The van der Waals surface area contributed by atoms with Gasteiger partial charge in [0.1, 0.15) is 4.83 Å². The smallest absolute Gasteiger partial charge is 0.436 e. The van der Waals surface area contributed by atoms with Crippen LogP contribution in [0.1, 0.15) is 46.4 Å². The molecule has 0 radical (unpaired) electrons. The van der Waals surface area contributed by atoms with Crippen molar-refractivity contribution in [1.82, 2.24) is 15.1 Å². The van der Waals surface area contributed by atoms with E-state index < -0.39 is 17.5 Å². The number of ether oxygens (including phenoxy) is 1. The lowest BCUT2D eigenvalue weighted by atomic mass is 9.94. The number of nitrogens with one attached hydrogen (secondary N) is 3. The zero-order chi connectivity index (χ0) is 25.9. The van der Waals surface area contributed by atoms with Gasteiger partial charge in [-0.15, -0.1) is 16.4 Å². The maximum atomic E-state index is 13.2. The molecule has 4 N–H and O–H groups in total. The van der Waals surface area contributed by atoms with E-state index in [4.69, 9.17) is 4.74 Å². The van der Waals surface area contributed by atoms with Crippen LogP contribution in [0.4, 0.5) is 16.3 Å². The van der Waals surface area contributed by atoms with E-state index in [1.807, 2.05) is 49.7 Å². The molecule has 4 aromatic rings. The Labute approximate surface area is 210 Å². The largest absolute Gasteiger partial charge is 0.448 e. The van der Waals surface area contributed by atoms with Crippen molar-refractivity contribution in [3.05, 3.63) is 76.7 Å². The first kappa shape index (κ1) is 24.9. The summed E-state index contributed by atoms with van der Waals surface area (Å²) in [5.74, 6) is -0.828. The number of thiophene rings is 1. The average Bonchev–Trinajstić information content (AvgIpc) is 3.45. The van der Waals surface area contributed by atoms with Gasteiger partial charge in [0.25, 0.3) is 11.8 Å². The Morgan fingerprint density at radius 3 is 2.44 bits per heavy atom. The van der Waals surface area contributed by atoms with Crippen molar-refractivity contribution in [3.63, 3.8) is 0 Å². The third-order valence-corrected chi connectivity index (χ3v) is 6.58. The first-order chi connectivity index (χ1) is 17.2. The predicted molar refractivity (Wildman–Crippen MR) is 137 cm³/mol. The van der Waals surface area contributed by atoms with Crippen LogP contribution in [-0.2, 0) is 10.3 Å². The number of anilines is 2. The molecule has 11 heteroatoms. The van der Waals surface area contributed by atoms with Gasteiger partial charge in [-0.25, -0.2) is 4.79 Å². The molecule has 0 saturated carbocycles. The van der Waals surface area contributed by atoms with Gasteiger partial charge in [0, 0.05) is 0 Å². The Kier molecular flexibility index (Phi) is 7.04. The Morgan fingerprint density at radius 2 is 1.75 bits per heavy atom. The summed E-state index contributed by atoms with van der Waals surface area (Å²) < 4.78 is 6.12. The van der Waals surface area contributed by atoms with Crippen LogP contribution in [0.15, 0.2) is 60.7 Å².